The summed E-state index contributed by atoms with van der Waals surface area (Å²) < 4.78 is 0. The molecule has 0 saturated carbocycles. The van der Waals surface area contributed by atoms with Gasteiger partial charge < -0.3 is 16.0 Å². The number of nitrogens with zero attached hydrogens (tertiary/aromatic N) is 4. The highest BCUT2D eigenvalue weighted by Gasteiger charge is 2.16. The van der Waals surface area contributed by atoms with E-state index in [2.05, 4.69) is 15.5 Å². The van der Waals surface area contributed by atoms with E-state index in [-0.39, 0.29) is 12.5 Å². The summed E-state index contributed by atoms with van der Waals surface area (Å²) in [4.78, 5) is 14.9. The lowest BCUT2D eigenvalue weighted by Gasteiger charge is -2.27. The van der Waals surface area contributed by atoms with Crippen molar-refractivity contribution in [1.82, 2.24) is 25.2 Å². The van der Waals surface area contributed by atoms with Gasteiger partial charge in [0.2, 0.25) is 5.91 Å². The molecule has 0 aromatic carbocycles. The summed E-state index contributed by atoms with van der Waals surface area (Å²) in [5.74, 6) is 0.371. The quantitative estimate of drug-likeness (QED) is 0.607. The molecule has 82 valence electrons. The van der Waals surface area contributed by atoms with Crippen molar-refractivity contribution < 1.29 is 4.79 Å². The van der Waals surface area contributed by atoms with Gasteiger partial charge in [0.15, 0.2) is 5.82 Å². The normalized spacial score (nSPS) is 16.7. The van der Waals surface area contributed by atoms with Crippen molar-refractivity contribution in [2.75, 3.05) is 31.9 Å². The molecule has 2 heterocycles. The van der Waals surface area contributed by atoms with Crippen LogP contribution < -0.4 is 11.1 Å². The number of nitrogen functional groups attached to an aromatic ring is 1. The molecule has 0 unspecified atom stereocenters. The molecule has 1 fully saturated rings. The van der Waals surface area contributed by atoms with E-state index in [1.807, 2.05) is 0 Å². The smallest absolute Gasteiger partial charge is 0.246 e. The minimum Gasteiger partial charge on any atom is -0.381 e. The average molecular weight is 210 g/mol. The van der Waals surface area contributed by atoms with Crippen LogP contribution >= 0.6 is 0 Å². The standard InChI is InChI=1S/C8H14N6O/c9-7-5-11-14(12-7)6-8(15)13-3-1-10-2-4-13/h5,10H,1-4,6H2,(H2,9,12). The van der Waals surface area contributed by atoms with E-state index in [0.29, 0.717) is 5.82 Å². The number of hydrogen-bond donors (Lipinski definition) is 2. The lowest BCUT2D eigenvalue weighted by atomic mass is 10.3. The van der Waals surface area contributed by atoms with Gasteiger partial charge in [-0.05, 0) is 0 Å². The number of piperazine rings is 1. The minimum atomic E-state index is 0.0344. The van der Waals surface area contributed by atoms with Crippen LogP contribution in [0.15, 0.2) is 6.20 Å². The SMILES string of the molecule is Nc1cnn(CC(=O)N2CCNCC2)n1. The number of nitrogens with one attached hydrogen (secondary N) is 1. The summed E-state index contributed by atoms with van der Waals surface area (Å²) in [6.07, 6.45) is 1.44. The maximum absolute atomic E-state index is 11.7. The maximum Gasteiger partial charge on any atom is 0.246 e. The number of nitrogens with two attached hydrogens (primary N) is 1. The van der Waals surface area contributed by atoms with Gasteiger partial charge >= 0.3 is 0 Å². The Morgan fingerprint density at radius 1 is 1.53 bits per heavy atom. The van der Waals surface area contributed by atoms with Crippen LogP contribution in [0.5, 0.6) is 0 Å². The fraction of sp³-hybridized carbons (Fsp3) is 0.625. The van der Waals surface area contributed by atoms with Gasteiger partial charge in [0, 0.05) is 26.2 Å². The zero-order valence-electron chi connectivity index (χ0n) is 8.39. The summed E-state index contributed by atoms with van der Waals surface area (Å²) >= 11 is 0. The number of anilines is 1. The first-order valence-corrected chi connectivity index (χ1v) is 4.90. The second-order valence-electron chi connectivity index (χ2n) is 3.43. The summed E-state index contributed by atoms with van der Waals surface area (Å²) in [6, 6.07) is 0. The largest absolute Gasteiger partial charge is 0.381 e. The Kier molecular flexibility index (Phi) is 2.82. The van der Waals surface area contributed by atoms with E-state index in [0.717, 1.165) is 26.2 Å². The van der Waals surface area contributed by atoms with Crippen molar-refractivity contribution in [3.63, 3.8) is 0 Å². The Morgan fingerprint density at radius 2 is 2.27 bits per heavy atom. The molecule has 7 nitrogen and oxygen atoms in total. The molecule has 1 aliphatic heterocycles. The van der Waals surface area contributed by atoms with Crippen molar-refractivity contribution in [1.29, 1.82) is 0 Å². The van der Waals surface area contributed by atoms with Crippen LogP contribution in [0.25, 0.3) is 0 Å². The van der Waals surface area contributed by atoms with E-state index < -0.39 is 0 Å². The summed E-state index contributed by atoms with van der Waals surface area (Å²) in [5.41, 5.74) is 5.40. The van der Waals surface area contributed by atoms with E-state index in [9.17, 15) is 4.79 Å². The zero-order chi connectivity index (χ0) is 10.7. The summed E-state index contributed by atoms with van der Waals surface area (Å²) in [5, 5.41) is 10.9. The Bertz CT molecular complexity index is 343. The molecule has 2 rings (SSSR count). The van der Waals surface area contributed by atoms with Gasteiger partial charge in [-0.25, -0.2) is 0 Å². The van der Waals surface area contributed by atoms with Crippen LogP contribution in [-0.2, 0) is 11.3 Å². The molecule has 0 bridgehead atoms. The second kappa shape index (κ2) is 4.26. The highest BCUT2D eigenvalue weighted by molar-refractivity contribution is 5.75. The van der Waals surface area contributed by atoms with Gasteiger partial charge in [-0.1, -0.05) is 0 Å². The fourth-order valence-corrected chi connectivity index (χ4v) is 1.52. The lowest BCUT2D eigenvalue weighted by molar-refractivity contribution is -0.132. The van der Waals surface area contributed by atoms with Crippen LogP contribution in [0.3, 0.4) is 0 Å². The van der Waals surface area contributed by atoms with E-state index >= 15 is 0 Å². The number of carbonyl (C=O) groups is 1. The van der Waals surface area contributed by atoms with E-state index in [4.69, 9.17) is 5.73 Å². The highest BCUT2D eigenvalue weighted by Crippen LogP contribution is 1.97. The van der Waals surface area contributed by atoms with Crippen LogP contribution in [0, 0.1) is 0 Å². The number of carbonyl (C=O) groups excluding carboxylic acids is 1. The molecule has 1 aromatic heterocycles. The molecule has 1 saturated heterocycles. The molecule has 0 radical (unpaired) electrons. The zero-order valence-corrected chi connectivity index (χ0v) is 8.39. The van der Waals surface area contributed by atoms with Gasteiger partial charge in [0.25, 0.3) is 0 Å². The molecule has 1 aromatic rings. The first kappa shape index (κ1) is 9.91. The van der Waals surface area contributed by atoms with Crippen LogP contribution in [0.4, 0.5) is 5.82 Å². The van der Waals surface area contributed by atoms with Crippen LogP contribution in [0.1, 0.15) is 0 Å². The van der Waals surface area contributed by atoms with Crippen molar-refractivity contribution in [3.8, 4) is 0 Å². The Hall–Kier alpha value is -1.63. The molecule has 0 spiro atoms. The third-order valence-corrected chi connectivity index (χ3v) is 2.30. The van der Waals surface area contributed by atoms with Crippen LogP contribution in [-0.4, -0.2) is 52.0 Å². The predicted molar refractivity (Wildman–Crippen MR) is 53.9 cm³/mol. The van der Waals surface area contributed by atoms with Crippen molar-refractivity contribution >= 4 is 11.7 Å². The predicted octanol–water partition coefficient (Wildman–Crippen LogP) is -1.71. The third kappa shape index (κ3) is 2.44. The Morgan fingerprint density at radius 3 is 2.87 bits per heavy atom. The van der Waals surface area contributed by atoms with Gasteiger partial charge in [-0.2, -0.15) is 9.90 Å². The number of amides is 1. The van der Waals surface area contributed by atoms with Gasteiger partial charge in [0.1, 0.15) is 6.54 Å². The summed E-state index contributed by atoms with van der Waals surface area (Å²) in [7, 11) is 0. The Balaban J connectivity index is 1.91. The molecule has 15 heavy (non-hydrogen) atoms. The molecule has 0 aliphatic carbocycles. The molecule has 0 atom stereocenters. The average Bonchev–Trinajstić information content (AvgIpc) is 2.65. The lowest BCUT2D eigenvalue weighted by Crippen LogP contribution is -2.47. The monoisotopic (exact) mass is 210 g/mol. The first-order chi connectivity index (χ1) is 7.25. The Labute approximate surface area is 87.2 Å². The summed E-state index contributed by atoms with van der Waals surface area (Å²) in [6.45, 7) is 3.35. The molecule has 1 amide bonds. The van der Waals surface area contributed by atoms with Gasteiger partial charge in [-0.3, -0.25) is 4.79 Å². The third-order valence-electron chi connectivity index (χ3n) is 2.30. The molecule has 1 aliphatic rings. The van der Waals surface area contributed by atoms with Gasteiger partial charge in [0.05, 0.1) is 6.20 Å². The second-order valence-corrected chi connectivity index (χ2v) is 3.43. The molecule has 3 N–H and O–H groups in total. The van der Waals surface area contributed by atoms with Crippen molar-refractivity contribution in [2.45, 2.75) is 6.54 Å². The minimum absolute atomic E-state index is 0.0344. The van der Waals surface area contributed by atoms with Gasteiger partial charge in [-0.15, -0.1) is 5.10 Å². The maximum atomic E-state index is 11.7. The van der Waals surface area contributed by atoms with Crippen LogP contribution in [0.2, 0.25) is 0 Å². The molecular formula is C8H14N6O. The topological polar surface area (TPSA) is 89.1 Å². The number of aromatic nitrogens is 3. The first-order valence-electron chi connectivity index (χ1n) is 4.90. The number of rotatable bonds is 2. The number of hydrogen-bond acceptors (Lipinski definition) is 5. The van der Waals surface area contributed by atoms with E-state index in [1.54, 1.807) is 4.90 Å². The van der Waals surface area contributed by atoms with Crippen molar-refractivity contribution in [3.05, 3.63) is 6.20 Å². The molecular weight excluding hydrogens is 196 g/mol. The molecule has 7 heteroatoms. The van der Waals surface area contributed by atoms with Crippen molar-refractivity contribution in [2.24, 2.45) is 0 Å². The highest BCUT2D eigenvalue weighted by atomic mass is 16.2. The van der Waals surface area contributed by atoms with E-state index in [1.165, 1.54) is 11.0 Å². The fourth-order valence-electron chi connectivity index (χ4n) is 1.52.